The zero-order chi connectivity index (χ0) is 15.4. The number of benzene rings is 1. The zero-order valence-electron chi connectivity index (χ0n) is 12.1. The van der Waals surface area contributed by atoms with Crippen molar-refractivity contribution in [3.05, 3.63) is 64.6 Å². The molecule has 0 aliphatic heterocycles. The Kier molecular flexibility index (Phi) is 4.34. The summed E-state index contributed by atoms with van der Waals surface area (Å²) in [4.78, 5) is 0. The molecule has 0 unspecified atom stereocenters. The number of aryl methyl sites for hydroxylation is 1. The lowest BCUT2D eigenvalue weighted by Crippen LogP contribution is -1.91. The summed E-state index contributed by atoms with van der Waals surface area (Å²) >= 11 is 5.96. The molecule has 0 amide bonds. The maximum absolute atomic E-state index is 5.96. The molecule has 0 radical (unpaired) electrons. The predicted molar refractivity (Wildman–Crippen MR) is 85.4 cm³/mol. The molecule has 2 aromatic heterocycles. The van der Waals surface area contributed by atoms with E-state index in [1.807, 2.05) is 48.1 Å². The van der Waals surface area contributed by atoms with Crippen LogP contribution in [-0.4, -0.2) is 20.0 Å². The Morgan fingerprint density at radius 3 is 2.95 bits per heavy atom. The van der Waals surface area contributed by atoms with Gasteiger partial charge >= 0.3 is 0 Å². The molecule has 0 fully saturated rings. The lowest BCUT2D eigenvalue weighted by Gasteiger charge is -1.96. The minimum Gasteiger partial charge on any atom is -0.421 e. The fourth-order valence-electron chi connectivity index (χ4n) is 2.03. The quantitative estimate of drug-likeness (QED) is 0.720. The highest BCUT2D eigenvalue weighted by Gasteiger charge is 2.05. The van der Waals surface area contributed by atoms with Crippen LogP contribution in [0.5, 0.6) is 0 Å². The van der Waals surface area contributed by atoms with Gasteiger partial charge in [-0.15, -0.1) is 10.2 Å². The van der Waals surface area contributed by atoms with E-state index in [2.05, 4.69) is 15.3 Å². The average molecular weight is 315 g/mol. The van der Waals surface area contributed by atoms with Crippen molar-refractivity contribution >= 4 is 23.8 Å². The lowest BCUT2D eigenvalue weighted by atomic mass is 10.1. The Morgan fingerprint density at radius 1 is 1.27 bits per heavy atom. The van der Waals surface area contributed by atoms with Crippen molar-refractivity contribution in [2.75, 3.05) is 0 Å². The van der Waals surface area contributed by atoms with E-state index < -0.39 is 0 Å². The number of hydrogen-bond donors (Lipinski definition) is 0. The van der Waals surface area contributed by atoms with Crippen molar-refractivity contribution in [3.63, 3.8) is 0 Å². The minimum atomic E-state index is 0.473. The summed E-state index contributed by atoms with van der Waals surface area (Å²) in [7, 11) is 0. The summed E-state index contributed by atoms with van der Waals surface area (Å²) in [6.07, 6.45) is 8.00. The van der Waals surface area contributed by atoms with Crippen LogP contribution in [-0.2, 0) is 13.0 Å². The van der Waals surface area contributed by atoms with Crippen molar-refractivity contribution in [1.82, 2.24) is 20.0 Å². The van der Waals surface area contributed by atoms with E-state index >= 15 is 0 Å². The van der Waals surface area contributed by atoms with Gasteiger partial charge in [0.15, 0.2) is 0 Å². The summed E-state index contributed by atoms with van der Waals surface area (Å²) < 4.78 is 7.46. The normalized spacial score (nSPS) is 11.4. The molecule has 0 saturated carbocycles. The van der Waals surface area contributed by atoms with Crippen LogP contribution in [0.1, 0.15) is 29.8 Å². The molecule has 0 bridgehead atoms. The molecular weight excluding hydrogens is 300 g/mol. The Balaban J connectivity index is 1.68. The molecule has 112 valence electrons. The van der Waals surface area contributed by atoms with Crippen LogP contribution in [0.4, 0.5) is 0 Å². The Bertz CT molecular complexity index is 791. The van der Waals surface area contributed by atoms with Crippen molar-refractivity contribution in [2.24, 2.45) is 0 Å². The molecule has 0 aliphatic rings. The van der Waals surface area contributed by atoms with Gasteiger partial charge in [-0.05, 0) is 30.7 Å². The van der Waals surface area contributed by atoms with Gasteiger partial charge in [0.25, 0.3) is 0 Å². The number of halogens is 1. The fourth-order valence-corrected chi connectivity index (χ4v) is 2.25. The molecule has 5 nitrogen and oxygen atoms in total. The highest BCUT2D eigenvalue weighted by Crippen LogP contribution is 2.15. The smallest absolute Gasteiger partial charge is 0.240 e. The first kappa shape index (κ1) is 14.5. The van der Waals surface area contributed by atoms with Crippen LogP contribution in [0.3, 0.4) is 0 Å². The Morgan fingerprint density at radius 2 is 2.18 bits per heavy atom. The van der Waals surface area contributed by atoms with Crippen LogP contribution in [0.15, 0.2) is 41.1 Å². The van der Waals surface area contributed by atoms with E-state index in [0.29, 0.717) is 23.2 Å². The summed E-state index contributed by atoms with van der Waals surface area (Å²) in [6, 6.07) is 7.61. The van der Waals surface area contributed by atoms with E-state index in [-0.39, 0.29) is 0 Å². The maximum atomic E-state index is 5.96. The molecule has 0 N–H and O–H groups in total. The molecular formula is C16H15ClN4O. The second-order valence-electron chi connectivity index (χ2n) is 4.80. The van der Waals surface area contributed by atoms with Gasteiger partial charge in [0.2, 0.25) is 11.8 Å². The van der Waals surface area contributed by atoms with Gasteiger partial charge in [0, 0.05) is 29.4 Å². The molecule has 3 rings (SSSR count). The largest absolute Gasteiger partial charge is 0.421 e. The molecule has 0 atom stereocenters. The van der Waals surface area contributed by atoms with Crippen molar-refractivity contribution in [1.29, 1.82) is 0 Å². The maximum Gasteiger partial charge on any atom is 0.240 e. The minimum absolute atomic E-state index is 0.473. The summed E-state index contributed by atoms with van der Waals surface area (Å²) in [6.45, 7) is 2.89. The third kappa shape index (κ3) is 3.62. The molecule has 0 saturated heterocycles. The molecule has 0 spiro atoms. The van der Waals surface area contributed by atoms with Gasteiger partial charge in [-0.2, -0.15) is 5.10 Å². The average Bonchev–Trinajstić information content (AvgIpc) is 3.14. The number of aromatic nitrogens is 4. The first-order chi connectivity index (χ1) is 10.7. The van der Waals surface area contributed by atoms with Gasteiger partial charge in [0.1, 0.15) is 0 Å². The molecule has 3 aromatic rings. The van der Waals surface area contributed by atoms with E-state index in [4.69, 9.17) is 16.0 Å². The van der Waals surface area contributed by atoms with Gasteiger partial charge in [-0.25, -0.2) is 0 Å². The van der Waals surface area contributed by atoms with Crippen LogP contribution in [0.2, 0.25) is 5.02 Å². The van der Waals surface area contributed by atoms with Crippen molar-refractivity contribution < 1.29 is 4.42 Å². The number of nitrogens with zero attached hydrogens (tertiary/aromatic N) is 4. The van der Waals surface area contributed by atoms with E-state index in [1.54, 1.807) is 12.3 Å². The van der Waals surface area contributed by atoms with Crippen LogP contribution in [0, 0.1) is 0 Å². The summed E-state index contributed by atoms with van der Waals surface area (Å²) in [5.74, 6) is 1.03. The Labute approximate surface area is 133 Å². The van der Waals surface area contributed by atoms with Crippen LogP contribution in [0.25, 0.3) is 12.2 Å². The van der Waals surface area contributed by atoms with Crippen molar-refractivity contribution in [3.8, 4) is 0 Å². The third-order valence-corrected chi connectivity index (χ3v) is 3.36. The summed E-state index contributed by atoms with van der Waals surface area (Å²) in [5, 5.41) is 13.0. The Hall–Kier alpha value is -2.40. The SMILES string of the molecule is CCn1cc(/C=C/c2nnc(Cc3cccc(Cl)c3)o2)cn1. The van der Waals surface area contributed by atoms with Gasteiger partial charge in [-0.1, -0.05) is 23.7 Å². The van der Waals surface area contributed by atoms with Gasteiger partial charge in [-0.3, -0.25) is 4.68 Å². The number of hydrogen-bond acceptors (Lipinski definition) is 4. The standard InChI is InChI=1S/C16H15ClN4O/c1-2-21-11-13(10-18-21)6-7-15-19-20-16(22-15)9-12-4-3-5-14(17)8-12/h3-8,10-11H,2,9H2,1H3/b7-6+. The molecule has 1 aromatic carbocycles. The highest BCUT2D eigenvalue weighted by atomic mass is 35.5. The topological polar surface area (TPSA) is 56.7 Å². The lowest BCUT2D eigenvalue weighted by molar-refractivity contribution is 0.496. The van der Waals surface area contributed by atoms with E-state index in [0.717, 1.165) is 17.7 Å². The second-order valence-corrected chi connectivity index (χ2v) is 5.24. The molecule has 0 aliphatic carbocycles. The molecule has 6 heteroatoms. The van der Waals surface area contributed by atoms with E-state index in [9.17, 15) is 0 Å². The number of rotatable bonds is 5. The highest BCUT2D eigenvalue weighted by molar-refractivity contribution is 6.30. The first-order valence-corrected chi connectivity index (χ1v) is 7.38. The fraction of sp³-hybridized carbons (Fsp3) is 0.188. The van der Waals surface area contributed by atoms with E-state index in [1.165, 1.54) is 0 Å². The predicted octanol–water partition coefficient (Wildman–Crippen LogP) is 3.70. The zero-order valence-corrected chi connectivity index (χ0v) is 12.9. The second kappa shape index (κ2) is 6.58. The third-order valence-electron chi connectivity index (χ3n) is 3.12. The van der Waals surface area contributed by atoms with Crippen LogP contribution >= 0.6 is 11.6 Å². The molecule has 2 heterocycles. The van der Waals surface area contributed by atoms with Gasteiger partial charge in [0.05, 0.1) is 12.6 Å². The summed E-state index contributed by atoms with van der Waals surface area (Å²) in [5.41, 5.74) is 2.03. The van der Waals surface area contributed by atoms with Crippen LogP contribution < -0.4 is 0 Å². The van der Waals surface area contributed by atoms with Gasteiger partial charge < -0.3 is 4.42 Å². The molecule has 22 heavy (non-hydrogen) atoms. The van der Waals surface area contributed by atoms with Crippen molar-refractivity contribution in [2.45, 2.75) is 19.9 Å². The monoisotopic (exact) mass is 314 g/mol. The first-order valence-electron chi connectivity index (χ1n) is 7.00.